The number of nitrogens with zero attached hydrogens (tertiary/aromatic N) is 2. The van der Waals surface area contributed by atoms with Gasteiger partial charge >= 0.3 is 11.3 Å². The van der Waals surface area contributed by atoms with Crippen LogP contribution in [-0.4, -0.2) is 26.2 Å². The van der Waals surface area contributed by atoms with E-state index in [-0.39, 0.29) is 27.3 Å². The van der Waals surface area contributed by atoms with Crippen LogP contribution >= 0.6 is 11.3 Å². The molecule has 11 rings (SSSR count). The van der Waals surface area contributed by atoms with E-state index >= 15 is 0 Å². The largest absolute Gasteiger partial charge is 0.452 e. The van der Waals surface area contributed by atoms with E-state index in [9.17, 15) is 9.59 Å². The van der Waals surface area contributed by atoms with Gasteiger partial charge in [0.1, 0.15) is 28.2 Å². The van der Waals surface area contributed by atoms with Gasteiger partial charge in [0, 0.05) is 76.5 Å². The number of thiophene rings is 1. The van der Waals surface area contributed by atoms with Crippen LogP contribution in [0.25, 0.3) is 65.5 Å². The van der Waals surface area contributed by atoms with Crippen molar-refractivity contribution in [3.05, 3.63) is 91.6 Å². The molecule has 8 nitrogen and oxygen atoms in total. The third-order valence-corrected chi connectivity index (χ3v) is 15.2. The van der Waals surface area contributed by atoms with Crippen molar-refractivity contribution in [2.45, 2.75) is 103 Å². The summed E-state index contributed by atoms with van der Waals surface area (Å²) in [6.45, 7) is 22.4. The summed E-state index contributed by atoms with van der Waals surface area (Å²) < 4.78 is 25.2. The first-order valence-electron chi connectivity index (χ1n) is 20.5. The fraction of sp³-hybridized carbons (Fsp3) is 0.417. The Morgan fingerprint density at radius 3 is 1.49 bits per heavy atom. The van der Waals surface area contributed by atoms with E-state index in [1.807, 2.05) is 30.3 Å². The highest BCUT2D eigenvalue weighted by Gasteiger charge is 2.44. The summed E-state index contributed by atoms with van der Waals surface area (Å²) in [5.41, 5.74) is 9.87. The van der Waals surface area contributed by atoms with Crippen LogP contribution in [0.5, 0.6) is 0 Å². The molecule has 0 saturated heterocycles. The molecule has 0 unspecified atom stereocenters. The van der Waals surface area contributed by atoms with E-state index in [2.05, 4.69) is 77.3 Å². The Balaban J connectivity index is 0.957. The topological polar surface area (TPSA) is 93.2 Å². The third kappa shape index (κ3) is 5.03. The van der Waals surface area contributed by atoms with Gasteiger partial charge in [-0.15, -0.1) is 11.3 Å². The van der Waals surface area contributed by atoms with E-state index in [4.69, 9.17) is 17.7 Å². The Kier molecular flexibility index (Phi) is 7.00. The van der Waals surface area contributed by atoms with Crippen LogP contribution in [0.2, 0.25) is 0 Å². The van der Waals surface area contributed by atoms with Crippen molar-refractivity contribution in [3.63, 3.8) is 0 Å². The highest BCUT2D eigenvalue weighted by atomic mass is 32.1. The molecule has 0 spiro atoms. The molecule has 4 aliphatic rings. The van der Waals surface area contributed by atoms with Crippen LogP contribution in [0.1, 0.15) is 103 Å². The minimum absolute atomic E-state index is 0.00527. The number of hydrogen-bond donors (Lipinski definition) is 0. The molecular formula is C48H48N2O6S. The summed E-state index contributed by atoms with van der Waals surface area (Å²) >= 11 is 1.48. The lowest BCUT2D eigenvalue weighted by Crippen LogP contribution is -2.44. The zero-order valence-corrected chi connectivity index (χ0v) is 34.8. The third-order valence-electron chi connectivity index (χ3n) is 14.0. The number of benzene rings is 2. The van der Waals surface area contributed by atoms with Gasteiger partial charge in [-0.1, -0.05) is 55.4 Å². The fourth-order valence-electron chi connectivity index (χ4n) is 10.4. The second-order valence-corrected chi connectivity index (χ2v) is 20.7. The second kappa shape index (κ2) is 11.3. The lowest BCUT2D eigenvalue weighted by atomic mass is 9.69. The van der Waals surface area contributed by atoms with E-state index in [1.54, 1.807) is 6.07 Å². The molecular weight excluding hydrogens is 733 g/mol. The van der Waals surface area contributed by atoms with Crippen molar-refractivity contribution in [3.8, 4) is 32.4 Å². The number of rotatable bonds is 3. The van der Waals surface area contributed by atoms with Gasteiger partial charge in [0.2, 0.25) is 0 Å². The Morgan fingerprint density at radius 2 is 0.947 bits per heavy atom. The van der Waals surface area contributed by atoms with E-state index in [0.717, 1.165) is 83.5 Å². The monoisotopic (exact) mass is 780 g/mol. The molecule has 0 fully saturated rings. The maximum atomic E-state index is 13.8. The average molecular weight is 781 g/mol. The predicted molar refractivity (Wildman–Crippen MR) is 230 cm³/mol. The number of anilines is 2. The van der Waals surface area contributed by atoms with Crippen molar-refractivity contribution >= 4 is 55.8 Å². The molecule has 0 amide bonds. The Bertz CT molecular complexity index is 2960. The van der Waals surface area contributed by atoms with Gasteiger partial charge in [-0.3, -0.25) is 0 Å². The Morgan fingerprint density at radius 1 is 0.509 bits per heavy atom. The quantitative estimate of drug-likeness (QED) is 0.164. The van der Waals surface area contributed by atoms with Gasteiger partial charge in [-0.2, -0.15) is 0 Å². The summed E-state index contributed by atoms with van der Waals surface area (Å²) in [6.07, 6.45) is 4.18. The molecule has 5 aromatic heterocycles. The Hall–Kier alpha value is -5.02. The first-order chi connectivity index (χ1) is 27.0. The molecule has 2 aromatic carbocycles. The van der Waals surface area contributed by atoms with Crippen LogP contribution in [0.4, 0.5) is 11.4 Å². The van der Waals surface area contributed by atoms with Gasteiger partial charge < -0.3 is 27.5 Å². The smallest absolute Gasteiger partial charge is 0.347 e. The lowest BCUT2D eigenvalue weighted by molar-refractivity contribution is 0.398. The molecule has 0 bridgehead atoms. The highest BCUT2D eigenvalue weighted by Crippen LogP contribution is 2.54. The van der Waals surface area contributed by atoms with Crippen molar-refractivity contribution in [1.29, 1.82) is 0 Å². The summed E-state index contributed by atoms with van der Waals surface area (Å²) in [7, 11) is 0. The first-order valence-corrected chi connectivity index (χ1v) is 21.3. The maximum absolute atomic E-state index is 13.8. The predicted octanol–water partition coefficient (Wildman–Crippen LogP) is 11.6. The molecule has 292 valence electrons. The van der Waals surface area contributed by atoms with Gasteiger partial charge in [0.25, 0.3) is 0 Å². The van der Waals surface area contributed by atoms with Gasteiger partial charge in [0.15, 0.2) is 11.2 Å². The van der Waals surface area contributed by atoms with Crippen molar-refractivity contribution in [2.24, 2.45) is 0 Å². The van der Waals surface area contributed by atoms with Crippen LogP contribution in [-0.2, 0) is 21.7 Å². The SMILES string of the molecule is CC1(C)CCN2CCC(C)(C)c3c2c1cc1cc(-c2cc4oc(-c5ccc(-c6cc7cc8c9c(c7oc6=O)C(C)(C)CCN9CCC8(C)C)s5)cc4o2)c(=O)oc31. The molecule has 0 N–H and O–H groups in total. The molecule has 0 saturated carbocycles. The zero-order valence-electron chi connectivity index (χ0n) is 34.0. The van der Waals surface area contributed by atoms with Gasteiger partial charge in [0.05, 0.1) is 10.4 Å². The minimum atomic E-state index is -0.426. The van der Waals surface area contributed by atoms with E-state index in [1.165, 1.54) is 33.8 Å². The van der Waals surface area contributed by atoms with Crippen LogP contribution < -0.4 is 21.1 Å². The summed E-state index contributed by atoms with van der Waals surface area (Å²) in [4.78, 5) is 34.1. The molecule has 4 aliphatic heterocycles. The van der Waals surface area contributed by atoms with Gasteiger partial charge in [-0.25, -0.2) is 9.59 Å². The van der Waals surface area contributed by atoms with Crippen molar-refractivity contribution < 1.29 is 17.7 Å². The molecule has 57 heavy (non-hydrogen) atoms. The average Bonchev–Trinajstić information content (AvgIpc) is 3.88. The Labute approximate surface area is 335 Å². The zero-order chi connectivity index (χ0) is 39.6. The molecule has 9 heterocycles. The number of hydrogen-bond acceptors (Lipinski definition) is 9. The van der Waals surface area contributed by atoms with Crippen LogP contribution in [0, 0.1) is 0 Å². The van der Waals surface area contributed by atoms with Crippen molar-refractivity contribution in [2.75, 3.05) is 36.0 Å². The molecule has 0 radical (unpaired) electrons. The minimum Gasteiger partial charge on any atom is -0.452 e. The van der Waals surface area contributed by atoms with Crippen molar-refractivity contribution in [1.82, 2.24) is 0 Å². The second-order valence-electron chi connectivity index (χ2n) is 19.7. The highest BCUT2D eigenvalue weighted by molar-refractivity contribution is 7.18. The fourth-order valence-corrected chi connectivity index (χ4v) is 11.3. The summed E-state index contributed by atoms with van der Waals surface area (Å²) in [5.74, 6) is 1.04. The number of fused-ring (bicyclic) bond motifs is 5. The summed E-state index contributed by atoms with van der Waals surface area (Å²) in [5, 5.41) is 1.88. The van der Waals surface area contributed by atoms with Gasteiger partial charge in [-0.05, 0) is 94.9 Å². The summed E-state index contributed by atoms with van der Waals surface area (Å²) in [6, 6.07) is 16.0. The normalized spacial score (nSPS) is 20.0. The van der Waals surface area contributed by atoms with E-state index in [0.29, 0.717) is 45.0 Å². The molecule has 0 aliphatic carbocycles. The lowest BCUT2D eigenvalue weighted by Gasteiger charge is -2.48. The number of furan rings is 2. The van der Waals surface area contributed by atoms with E-state index < -0.39 is 5.63 Å². The first kappa shape index (κ1) is 35.2. The molecule has 7 aromatic rings. The molecule has 0 atom stereocenters. The van der Waals surface area contributed by atoms with Crippen LogP contribution in [0.3, 0.4) is 0 Å². The standard InChI is InChI=1S/C48H48N2O6S/c1-45(2)11-15-49-17-13-47(5,6)37-39(49)29(45)21-25-19-27(43(51)55-41(25)37)31-23-32-33(53-31)24-34(54-32)36-10-9-35(57-36)28-20-26-22-30-40-38(42(26)56-44(28)52)48(7,8)14-18-50(40)16-12-46(30,3)4/h9-10,19-24H,11-18H2,1-8H3. The van der Waals surface area contributed by atoms with Crippen LogP contribution in [0.15, 0.2) is 75.8 Å². The molecule has 9 heteroatoms. The maximum Gasteiger partial charge on any atom is 0.347 e.